The molecule has 0 spiro atoms. The van der Waals surface area contributed by atoms with Crippen LogP contribution in [-0.4, -0.2) is 24.7 Å². The first kappa shape index (κ1) is 17.3. The Morgan fingerprint density at radius 1 is 1.15 bits per heavy atom. The van der Waals surface area contributed by atoms with Crippen molar-refractivity contribution in [3.63, 3.8) is 0 Å². The zero-order valence-corrected chi connectivity index (χ0v) is 15.9. The summed E-state index contributed by atoms with van der Waals surface area (Å²) in [7, 11) is 0. The molecule has 3 heterocycles. The molecule has 2 aromatic rings. The number of benzene rings is 1. The highest BCUT2D eigenvalue weighted by Gasteiger charge is 2.21. The molecule has 0 amide bonds. The summed E-state index contributed by atoms with van der Waals surface area (Å²) in [5.74, 6) is 2.20. The van der Waals surface area contributed by atoms with Gasteiger partial charge >= 0.3 is 0 Å². The number of pyridine rings is 1. The van der Waals surface area contributed by atoms with Crippen molar-refractivity contribution in [2.45, 2.75) is 52.1 Å². The van der Waals surface area contributed by atoms with Crippen LogP contribution in [0.4, 0.5) is 5.82 Å². The van der Waals surface area contributed by atoms with E-state index in [9.17, 15) is 0 Å². The smallest absolute Gasteiger partial charge is 0.128 e. The largest absolute Gasteiger partial charge is 0.493 e. The Hall–Kier alpha value is -2.07. The average molecular weight is 351 g/mol. The van der Waals surface area contributed by atoms with Crippen LogP contribution in [-0.2, 0) is 6.54 Å². The van der Waals surface area contributed by atoms with Crippen molar-refractivity contribution in [1.82, 2.24) is 10.3 Å². The van der Waals surface area contributed by atoms with Gasteiger partial charge in [0.05, 0.1) is 6.61 Å². The van der Waals surface area contributed by atoms with E-state index in [1.54, 1.807) is 0 Å². The molecule has 1 N–H and O–H groups in total. The number of fused-ring (bicyclic) bond motifs is 1. The molecule has 0 bridgehead atoms. The Bertz CT molecular complexity index is 768. The third-order valence-electron chi connectivity index (χ3n) is 5.50. The van der Waals surface area contributed by atoms with Gasteiger partial charge in [-0.05, 0) is 62.8 Å². The molecule has 4 rings (SSSR count). The monoisotopic (exact) mass is 351 g/mol. The van der Waals surface area contributed by atoms with Gasteiger partial charge in [-0.2, -0.15) is 0 Å². The maximum atomic E-state index is 6.05. The first-order chi connectivity index (χ1) is 12.7. The minimum absolute atomic E-state index is 0.342. The van der Waals surface area contributed by atoms with Gasteiger partial charge in [-0.3, -0.25) is 0 Å². The molecule has 1 aromatic heterocycles. The quantitative estimate of drug-likeness (QED) is 0.891. The van der Waals surface area contributed by atoms with E-state index in [1.165, 1.54) is 35.1 Å². The summed E-state index contributed by atoms with van der Waals surface area (Å²) in [6, 6.07) is 9.21. The van der Waals surface area contributed by atoms with Gasteiger partial charge in [0.25, 0.3) is 0 Å². The van der Waals surface area contributed by atoms with Crippen LogP contribution < -0.4 is 15.0 Å². The lowest BCUT2D eigenvalue weighted by molar-refractivity contribution is 0.313. The van der Waals surface area contributed by atoms with E-state index < -0.39 is 0 Å². The molecule has 1 aromatic carbocycles. The molecule has 0 saturated carbocycles. The van der Waals surface area contributed by atoms with Crippen molar-refractivity contribution in [2.24, 2.45) is 0 Å². The van der Waals surface area contributed by atoms with Gasteiger partial charge in [-0.15, -0.1) is 0 Å². The molecule has 1 saturated heterocycles. The normalized spacial score (nSPS) is 19.8. The van der Waals surface area contributed by atoms with Crippen LogP contribution in [0.2, 0.25) is 0 Å². The molecule has 0 aliphatic carbocycles. The first-order valence-corrected chi connectivity index (χ1v) is 9.88. The van der Waals surface area contributed by atoms with Crippen molar-refractivity contribution in [3.8, 4) is 5.75 Å². The van der Waals surface area contributed by atoms with Gasteiger partial charge in [-0.25, -0.2) is 4.98 Å². The third kappa shape index (κ3) is 3.70. The number of nitrogens with zero attached hydrogens (tertiary/aromatic N) is 2. The fraction of sp³-hybridized carbons (Fsp3) is 0.500. The van der Waals surface area contributed by atoms with Crippen LogP contribution in [0.15, 0.2) is 30.5 Å². The number of aromatic nitrogens is 1. The fourth-order valence-electron chi connectivity index (χ4n) is 4.20. The van der Waals surface area contributed by atoms with E-state index in [1.807, 2.05) is 6.20 Å². The van der Waals surface area contributed by atoms with Crippen molar-refractivity contribution in [2.75, 3.05) is 24.6 Å². The van der Waals surface area contributed by atoms with Crippen LogP contribution in [0.5, 0.6) is 5.75 Å². The van der Waals surface area contributed by atoms with E-state index >= 15 is 0 Å². The number of anilines is 1. The lowest BCUT2D eigenvalue weighted by Gasteiger charge is -2.21. The lowest BCUT2D eigenvalue weighted by atomic mass is 9.97. The number of ether oxygens (including phenoxy) is 1. The zero-order chi connectivity index (χ0) is 17.9. The predicted molar refractivity (Wildman–Crippen MR) is 106 cm³/mol. The van der Waals surface area contributed by atoms with Gasteiger partial charge in [0, 0.05) is 37.4 Å². The van der Waals surface area contributed by atoms with Crippen molar-refractivity contribution < 1.29 is 4.74 Å². The van der Waals surface area contributed by atoms with Crippen LogP contribution in [0, 0.1) is 13.8 Å². The second-order valence-electron chi connectivity index (χ2n) is 7.64. The van der Waals surface area contributed by atoms with Gasteiger partial charge in [0.2, 0.25) is 0 Å². The summed E-state index contributed by atoms with van der Waals surface area (Å²) in [6.45, 7) is 8.26. The van der Waals surface area contributed by atoms with E-state index in [2.05, 4.69) is 53.3 Å². The molecule has 138 valence electrons. The van der Waals surface area contributed by atoms with E-state index in [0.29, 0.717) is 6.04 Å². The van der Waals surface area contributed by atoms with Gasteiger partial charge in [0.15, 0.2) is 0 Å². The standard InChI is InChI=1S/C22H29N3O/c1-16-12-17(2)22-19(13-16)20(6-5-11-26-22)24-15-18-7-8-23-21(14-18)25-9-3-4-10-25/h7-8,12-14,20,24H,3-6,9-11,15H2,1-2H3. The summed E-state index contributed by atoms with van der Waals surface area (Å²) < 4.78 is 6.05. The summed E-state index contributed by atoms with van der Waals surface area (Å²) in [5, 5.41) is 3.78. The minimum Gasteiger partial charge on any atom is -0.493 e. The topological polar surface area (TPSA) is 37.4 Å². The number of nitrogens with one attached hydrogen (secondary N) is 1. The van der Waals surface area contributed by atoms with Crippen LogP contribution in [0.25, 0.3) is 0 Å². The number of aryl methyl sites for hydroxylation is 2. The van der Waals surface area contributed by atoms with Crippen molar-refractivity contribution in [1.29, 1.82) is 0 Å². The van der Waals surface area contributed by atoms with E-state index in [-0.39, 0.29) is 0 Å². The number of rotatable bonds is 4. The average Bonchev–Trinajstić information content (AvgIpc) is 3.09. The molecular formula is C22H29N3O. The summed E-state index contributed by atoms with van der Waals surface area (Å²) >= 11 is 0. The molecule has 0 radical (unpaired) electrons. The van der Waals surface area contributed by atoms with Crippen molar-refractivity contribution >= 4 is 5.82 Å². The Balaban J connectivity index is 1.51. The van der Waals surface area contributed by atoms with Gasteiger partial charge in [-0.1, -0.05) is 17.7 Å². The SMILES string of the molecule is Cc1cc(C)c2c(c1)C(NCc1ccnc(N3CCCC3)c1)CCCO2. The Labute approximate surface area is 156 Å². The minimum atomic E-state index is 0.342. The highest BCUT2D eigenvalue weighted by Crippen LogP contribution is 2.35. The fourth-order valence-corrected chi connectivity index (χ4v) is 4.20. The van der Waals surface area contributed by atoms with E-state index in [4.69, 9.17) is 4.74 Å². The molecule has 1 fully saturated rings. The number of hydrogen-bond acceptors (Lipinski definition) is 4. The number of hydrogen-bond donors (Lipinski definition) is 1. The van der Waals surface area contributed by atoms with Crippen molar-refractivity contribution in [3.05, 3.63) is 52.7 Å². The molecule has 1 atom stereocenters. The maximum absolute atomic E-state index is 6.05. The van der Waals surface area contributed by atoms with E-state index in [0.717, 1.165) is 50.7 Å². The molecule has 4 heteroatoms. The summed E-state index contributed by atoms with van der Waals surface area (Å²) in [5.41, 5.74) is 5.17. The van der Waals surface area contributed by atoms with Crippen LogP contribution >= 0.6 is 0 Å². The Kier molecular flexibility index (Phi) is 5.11. The molecular weight excluding hydrogens is 322 g/mol. The van der Waals surface area contributed by atoms with Crippen LogP contribution in [0.3, 0.4) is 0 Å². The third-order valence-corrected chi connectivity index (χ3v) is 5.50. The Morgan fingerprint density at radius 3 is 2.85 bits per heavy atom. The van der Waals surface area contributed by atoms with Gasteiger partial charge < -0.3 is 15.0 Å². The molecule has 1 unspecified atom stereocenters. The molecule has 4 nitrogen and oxygen atoms in total. The Morgan fingerprint density at radius 2 is 2.00 bits per heavy atom. The van der Waals surface area contributed by atoms with Gasteiger partial charge in [0.1, 0.15) is 11.6 Å². The predicted octanol–water partition coefficient (Wildman–Crippen LogP) is 4.30. The molecule has 2 aliphatic heterocycles. The second-order valence-corrected chi connectivity index (χ2v) is 7.64. The molecule has 2 aliphatic rings. The molecule has 26 heavy (non-hydrogen) atoms. The van der Waals surface area contributed by atoms with Crippen LogP contribution in [0.1, 0.15) is 54.0 Å². The lowest BCUT2D eigenvalue weighted by Crippen LogP contribution is -2.22. The highest BCUT2D eigenvalue weighted by molar-refractivity contribution is 5.46. The second kappa shape index (κ2) is 7.67. The zero-order valence-electron chi connectivity index (χ0n) is 15.9. The maximum Gasteiger partial charge on any atom is 0.128 e. The first-order valence-electron chi connectivity index (χ1n) is 9.88. The highest BCUT2D eigenvalue weighted by atomic mass is 16.5. The summed E-state index contributed by atoms with van der Waals surface area (Å²) in [6.07, 6.45) is 6.70. The summed E-state index contributed by atoms with van der Waals surface area (Å²) in [4.78, 5) is 6.96.